The second kappa shape index (κ2) is 14.2. The molecule has 2 heterocycles. The van der Waals surface area contributed by atoms with Gasteiger partial charge in [-0.3, -0.25) is 9.11 Å². The molecule has 42 heavy (non-hydrogen) atoms. The number of hydrogen-bond acceptors (Lipinski definition) is 8. The van der Waals surface area contributed by atoms with Crippen molar-refractivity contribution in [2.75, 3.05) is 13.2 Å². The van der Waals surface area contributed by atoms with E-state index in [0.717, 1.165) is 0 Å². The van der Waals surface area contributed by atoms with Gasteiger partial charge in [0, 0.05) is 17.1 Å². The standard InChI is InChI=1S/C21H22N2O2.2CHF3O3S.Cu/c1-21(2,19-22-17(13-24-19)15-9-5-3-6-10-15)20-23-18(14-25-20)16-11-7-4-8-12-16;2*2-1(3,4)8(5,6)7;/h3-12,17-18H,13-14H2,1-2H3;2*(H,5,6,7);/t17-,18-;;;/m1.../s1. The van der Waals surface area contributed by atoms with E-state index in [4.69, 9.17) is 45.4 Å². The predicted octanol–water partition coefficient (Wildman–Crippen LogP) is 5.14. The second-order valence-corrected chi connectivity index (χ2v) is 11.6. The molecular weight excluding hydrogens is 674 g/mol. The normalized spacial score (nSPS) is 18.9. The molecule has 2 aliphatic rings. The first kappa shape index (κ1) is 37.3. The van der Waals surface area contributed by atoms with Crippen molar-refractivity contribution in [3.8, 4) is 0 Å². The molecule has 2 aromatic carbocycles. The van der Waals surface area contributed by atoms with E-state index in [-0.39, 0.29) is 29.2 Å². The van der Waals surface area contributed by atoms with Crippen LogP contribution in [-0.4, -0.2) is 62.0 Å². The summed E-state index contributed by atoms with van der Waals surface area (Å²) in [5.74, 6) is 1.41. The molecule has 2 atom stereocenters. The van der Waals surface area contributed by atoms with Crippen LogP contribution in [0.5, 0.6) is 0 Å². The summed E-state index contributed by atoms with van der Waals surface area (Å²) in [5, 5.41) is 0. The number of hydrogen-bond donors (Lipinski definition) is 2. The largest absolute Gasteiger partial charge is 0.522 e. The van der Waals surface area contributed by atoms with Crippen LogP contribution in [0, 0.1) is 5.41 Å². The molecule has 0 aromatic heterocycles. The molecule has 10 nitrogen and oxygen atoms in total. The van der Waals surface area contributed by atoms with E-state index in [1.807, 2.05) is 36.4 Å². The Morgan fingerprint density at radius 3 is 1.17 bits per heavy atom. The zero-order valence-corrected chi connectivity index (χ0v) is 24.0. The Morgan fingerprint density at radius 2 is 0.929 bits per heavy atom. The van der Waals surface area contributed by atoms with Gasteiger partial charge in [0.1, 0.15) is 30.7 Å². The molecule has 0 spiro atoms. The summed E-state index contributed by atoms with van der Waals surface area (Å²) in [6, 6.07) is 20.6. The monoisotopic (exact) mass is 697 g/mol. The van der Waals surface area contributed by atoms with Crippen molar-refractivity contribution in [3.05, 3.63) is 71.8 Å². The molecule has 0 saturated heterocycles. The van der Waals surface area contributed by atoms with Crippen LogP contribution >= 0.6 is 0 Å². The van der Waals surface area contributed by atoms with E-state index in [9.17, 15) is 26.3 Å². The molecule has 2 aromatic rings. The second-order valence-electron chi connectivity index (χ2n) is 8.81. The maximum absolute atomic E-state index is 10.7. The van der Waals surface area contributed by atoms with Gasteiger partial charge in [-0.2, -0.15) is 43.2 Å². The van der Waals surface area contributed by atoms with Gasteiger partial charge in [0.15, 0.2) is 11.8 Å². The van der Waals surface area contributed by atoms with Crippen LogP contribution in [0.2, 0.25) is 0 Å². The molecule has 19 heteroatoms. The van der Waals surface area contributed by atoms with Gasteiger partial charge in [-0.05, 0) is 25.0 Å². The van der Waals surface area contributed by atoms with Gasteiger partial charge >= 0.3 is 31.3 Å². The number of rotatable bonds is 4. The van der Waals surface area contributed by atoms with Crippen molar-refractivity contribution >= 4 is 32.0 Å². The number of alkyl halides is 6. The van der Waals surface area contributed by atoms with Crippen molar-refractivity contribution in [2.45, 2.75) is 36.9 Å². The van der Waals surface area contributed by atoms with Crippen LogP contribution in [-0.2, 0) is 46.8 Å². The van der Waals surface area contributed by atoms with Crippen molar-refractivity contribution in [3.63, 3.8) is 0 Å². The van der Waals surface area contributed by atoms with Crippen molar-refractivity contribution in [1.29, 1.82) is 0 Å². The molecular formula is C23H24CuF6N2O8S2. The van der Waals surface area contributed by atoms with E-state index in [1.54, 1.807) is 0 Å². The van der Waals surface area contributed by atoms with E-state index >= 15 is 0 Å². The fraction of sp³-hybridized carbons (Fsp3) is 0.391. The summed E-state index contributed by atoms with van der Waals surface area (Å²) in [7, 11) is -11.7. The molecule has 239 valence electrons. The van der Waals surface area contributed by atoms with Crippen LogP contribution in [0.3, 0.4) is 0 Å². The minimum absolute atomic E-state index is 0. The Hall–Kier alpha value is -2.70. The first-order valence-electron chi connectivity index (χ1n) is 11.2. The topological polar surface area (TPSA) is 152 Å². The summed E-state index contributed by atoms with van der Waals surface area (Å²) < 4.78 is 127. The van der Waals surface area contributed by atoms with E-state index < -0.39 is 36.7 Å². The summed E-state index contributed by atoms with van der Waals surface area (Å²) in [6.07, 6.45) is 0. The third-order valence-corrected chi connectivity index (χ3v) is 6.49. The molecule has 0 amide bonds. The third kappa shape index (κ3) is 10.2. The molecule has 0 saturated carbocycles. The van der Waals surface area contributed by atoms with E-state index in [2.05, 4.69) is 38.1 Å². The quantitative estimate of drug-likeness (QED) is 0.193. The zero-order chi connectivity index (χ0) is 31.3. The van der Waals surface area contributed by atoms with Gasteiger partial charge in [0.05, 0.1) is 0 Å². The maximum atomic E-state index is 10.7. The Morgan fingerprint density at radius 1 is 0.667 bits per heavy atom. The third-order valence-electron chi connectivity index (χ3n) is 5.33. The smallest absolute Gasteiger partial charge is 0.478 e. The predicted molar refractivity (Wildman–Crippen MR) is 134 cm³/mol. The zero-order valence-electron chi connectivity index (χ0n) is 21.5. The Labute approximate surface area is 247 Å². The van der Waals surface area contributed by atoms with Gasteiger partial charge < -0.3 is 9.47 Å². The molecule has 2 N–H and O–H groups in total. The summed E-state index contributed by atoms with van der Waals surface area (Å²) in [6.45, 7) is 5.26. The molecule has 0 fully saturated rings. The number of nitrogens with zero attached hydrogens (tertiary/aromatic N) is 2. The van der Waals surface area contributed by atoms with E-state index in [0.29, 0.717) is 25.0 Å². The van der Waals surface area contributed by atoms with Crippen LogP contribution in [0.1, 0.15) is 37.1 Å². The maximum Gasteiger partial charge on any atom is 0.522 e. The number of ether oxygens (including phenoxy) is 2. The summed E-state index contributed by atoms with van der Waals surface area (Å²) in [5.41, 5.74) is -9.19. The Bertz CT molecular complexity index is 1340. The van der Waals surface area contributed by atoms with Crippen molar-refractivity contribution in [2.24, 2.45) is 15.4 Å². The average Bonchev–Trinajstić information content (AvgIpc) is 3.55. The summed E-state index contributed by atoms with van der Waals surface area (Å²) in [4.78, 5) is 9.61. The first-order chi connectivity index (χ1) is 18.6. The Kier molecular flexibility index (Phi) is 12.6. The minimum Gasteiger partial charge on any atom is -0.478 e. The van der Waals surface area contributed by atoms with Gasteiger partial charge in [-0.25, -0.2) is 9.98 Å². The Balaban J connectivity index is 0.000000432. The van der Waals surface area contributed by atoms with Gasteiger partial charge in [0.25, 0.3) is 0 Å². The van der Waals surface area contributed by atoms with Crippen LogP contribution < -0.4 is 0 Å². The van der Waals surface area contributed by atoms with Crippen molar-refractivity contribution < 1.29 is 78.8 Å². The fourth-order valence-corrected chi connectivity index (χ4v) is 3.21. The number of aliphatic imine (C=N–C) groups is 2. The van der Waals surface area contributed by atoms with Crippen molar-refractivity contribution in [1.82, 2.24) is 0 Å². The first-order valence-corrected chi connectivity index (χ1v) is 14.1. The van der Waals surface area contributed by atoms with Gasteiger partial charge in [-0.15, -0.1) is 0 Å². The molecule has 0 bridgehead atoms. The fourth-order valence-electron chi connectivity index (χ4n) is 3.21. The molecule has 0 unspecified atom stereocenters. The SMILES string of the molecule is CC(C)(C1=N[C@@H](c2ccccc2)CO1)C1=N[C@@H](c2ccccc2)CO1.O=S(=O)(O)C(F)(F)F.O=S(=O)(O)C(F)(F)F.[Cu]. The van der Waals surface area contributed by atoms with E-state index in [1.165, 1.54) is 11.1 Å². The van der Waals surface area contributed by atoms with Gasteiger partial charge in [0.2, 0.25) is 0 Å². The van der Waals surface area contributed by atoms with Crippen LogP contribution in [0.4, 0.5) is 26.3 Å². The number of benzene rings is 2. The minimum atomic E-state index is -5.84. The van der Waals surface area contributed by atoms with Gasteiger partial charge in [-0.1, -0.05) is 60.7 Å². The molecule has 0 aliphatic carbocycles. The molecule has 1 radical (unpaired) electrons. The van der Waals surface area contributed by atoms with Crippen LogP contribution in [0.25, 0.3) is 0 Å². The molecule has 4 rings (SSSR count). The average molecular weight is 698 g/mol. The van der Waals surface area contributed by atoms with Crippen LogP contribution in [0.15, 0.2) is 70.6 Å². The number of halogens is 6. The summed E-state index contributed by atoms with van der Waals surface area (Å²) >= 11 is 0. The molecule has 2 aliphatic heterocycles.